The molecule has 0 amide bonds. The molecule has 0 aromatic heterocycles. The molecule has 3 nitrogen and oxygen atoms in total. The van der Waals surface area contributed by atoms with E-state index in [2.05, 4.69) is 24.2 Å². The molecule has 0 bridgehead atoms. The number of nitrogens with one attached hydrogen (secondary N) is 1. The van der Waals surface area contributed by atoms with Gasteiger partial charge in [-0.2, -0.15) is 0 Å². The van der Waals surface area contributed by atoms with E-state index in [4.69, 9.17) is 4.74 Å². The minimum atomic E-state index is 0.455. The number of rotatable bonds is 3. The van der Waals surface area contributed by atoms with Crippen molar-refractivity contribution in [1.82, 2.24) is 10.2 Å². The molecule has 1 N–H and O–H groups in total. The van der Waals surface area contributed by atoms with Crippen LogP contribution in [0.15, 0.2) is 0 Å². The summed E-state index contributed by atoms with van der Waals surface area (Å²) < 4.78 is 5.44. The maximum atomic E-state index is 5.44. The second-order valence-electron chi connectivity index (χ2n) is 4.81. The third kappa shape index (κ3) is 1.69. The molecular formula is C11H22N2O. The lowest BCUT2D eigenvalue weighted by Gasteiger charge is -2.52. The van der Waals surface area contributed by atoms with Crippen LogP contribution in [0.1, 0.15) is 19.8 Å². The van der Waals surface area contributed by atoms with Crippen LogP contribution in [0.25, 0.3) is 0 Å². The summed E-state index contributed by atoms with van der Waals surface area (Å²) in [5.41, 5.74) is 0.455. The highest BCUT2D eigenvalue weighted by Gasteiger charge is 2.46. The van der Waals surface area contributed by atoms with E-state index >= 15 is 0 Å². The first-order chi connectivity index (χ1) is 6.78. The predicted molar refractivity (Wildman–Crippen MR) is 57.4 cm³/mol. The minimum absolute atomic E-state index is 0.455. The van der Waals surface area contributed by atoms with E-state index in [0.29, 0.717) is 11.5 Å². The van der Waals surface area contributed by atoms with Gasteiger partial charge in [0.1, 0.15) is 0 Å². The van der Waals surface area contributed by atoms with Crippen LogP contribution in [0, 0.1) is 5.41 Å². The third-order valence-electron chi connectivity index (χ3n) is 3.74. The molecule has 1 atom stereocenters. The van der Waals surface area contributed by atoms with Crippen LogP contribution in [-0.2, 0) is 4.74 Å². The van der Waals surface area contributed by atoms with E-state index < -0.39 is 0 Å². The molecule has 2 heterocycles. The van der Waals surface area contributed by atoms with Crippen LogP contribution in [0.3, 0.4) is 0 Å². The Morgan fingerprint density at radius 2 is 2.29 bits per heavy atom. The highest BCUT2D eigenvalue weighted by atomic mass is 16.5. The molecule has 0 aromatic carbocycles. The Morgan fingerprint density at radius 3 is 2.79 bits per heavy atom. The summed E-state index contributed by atoms with van der Waals surface area (Å²) >= 11 is 0. The van der Waals surface area contributed by atoms with Gasteiger partial charge in [-0.15, -0.1) is 0 Å². The fourth-order valence-corrected chi connectivity index (χ4v) is 2.86. The molecule has 0 aliphatic carbocycles. The molecule has 3 heteroatoms. The van der Waals surface area contributed by atoms with E-state index in [1.165, 1.54) is 19.4 Å². The summed E-state index contributed by atoms with van der Waals surface area (Å²) in [6.45, 7) is 7.66. The van der Waals surface area contributed by atoms with Crippen molar-refractivity contribution in [3.8, 4) is 0 Å². The van der Waals surface area contributed by atoms with Crippen molar-refractivity contribution in [2.24, 2.45) is 5.41 Å². The van der Waals surface area contributed by atoms with Crippen molar-refractivity contribution in [2.45, 2.75) is 25.8 Å². The number of nitrogens with zero attached hydrogens (tertiary/aromatic N) is 1. The largest absolute Gasteiger partial charge is 0.380 e. The van der Waals surface area contributed by atoms with Gasteiger partial charge in [0, 0.05) is 31.1 Å². The van der Waals surface area contributed by atoms with Crippen molar-refractivity contribution >= 4 is 0 Å². The normalized spacial score (nSPS) is 32.6. The van der Waals surface area contributed by atoms with Crippen molar-refractivity contribution in [3.63, 3.8) is 0 Å². The zero-order valence-electron chi connectivity index (χ0n) is 9.38. The Morgan fingerprint density at radius 1 is 1.50 bits per heavy atom. The summed E-state index contributed by atoms with van der Waals surface area (Å²) in [7, 11) is 2.25. The first kappa shape index (κ1) is 10.4. The molecule has 2 rings (SSSR count). The first-order valence-electron chi connectivity index (χ1n) is 5.77. The fraction of sp³-hybridized carbons (Fsp3) is 1.00. The number of hydrogen-bond donors (Lipinski definition) is 1. The zero-order chi connectivity index (χ0) is 10.0. The van der Waals surface area contributed by atoms with Gasteiger partial charge in [-0.25, -0.2) is 0 Å². The molecule has 82 valence electrons. The second-order valence-corrected chi connectivity index (χ2v) is 4.81. The summed E-state index contributed by atoms with van der Waals surface area (Å²) in [5.74, 6) is 0. The van der Waals surface area contributed by atoms with Gasteiger partial charge in [0.15, 0.2) is 0 Å². The molecule has 0 spiro atoms. The molecule has 0 saturated carbocycles. The first-order valence-corrected chi connectivity index (χ1v) is 5.77. The lowest BCUT2D eigenvalue weighted by molar-refractivity contribution is -0.159. The van der Waals surface area contributed by atoms with Crippen LogP contribution in [0.5, 0.6) is 0 Å². The summed E-state index contributed by atoms with van der Waals surface area (Å²) in [6.07, 6.45) is 2.58. The van der Waals surface area contributed by atoms with Gasteiger partial charge in [-0.05, 0) is 13.5 Å². The topological polar surface area (TPSA) is 24.5 Å². The monoisotopic (exact) mass is 198 g/mol. The van der Waals surface area contributed by atoms with Gasteiger partial charge in [0.25, 0.3) is 0 Å². The summed E-state index contributed by atoms with van der Waals surface area (Å²) in [5, 5.41) is 3.50. The molecule has 14 heavy (non-hydrogen) atoms. The minimum Gasteiger partial charge on any atom is -0.380 e. The van der Waals surface area contributed by atoms with Crippen LogP contribution in [-0.4, -0.2) is 50.8 Å². The number of hydrogen-bond acceptors (Lipinski definition) is 3. The maximum Gasteiger partial charge on any atom is 0.0560 e. The Bertz CT molecular complexity index is 192. The number of likely N-dealkylation sites (N-methyl/N-ethyl adjacent to an activating group) is 1. The van der Waals surface area contributed by atoms with Gasteiger partial charge in [-0.1, -0.05) is 13.3 Å². The second kappa shape index (κ2) is 4.17. The summed E-state index contributed by atoms with van der Waals surface area (Å²) in [4.78, 5) is 2.51. The van der Waals surface area contributed by atoms with Gasteiger partial charge in [0.05, 0.1) is 13.2 Å². The van der Waals surface area contributed by atoms with Crippen molar-refractivity contribution in [2.75, 3.05) is 39.9 Å². The molecule has 2 aliphatic heterocycles. The lowest BCUT2D eigenvalue weighted by Crippen LogP contribution is -2.63. The quantitative estimate of drug-likeness (QED) is 0.723. The van der Waals surface area contributed by atoms with Crippen LogP contribution < -0.4 is 5.32 Å². The Labute approximate surface area is 86.8 Å². The molecule has 0 aromatic rings. The SMILES string of the molecule is CCCC1(C2CNCCN2C)COC1. The Kier molecular flexibility index (Phi) is 3.10. The van der Waals surface area contributed by atoms with Crippen LogP contribution in [0.4, 0.5) is 0 Å². The van der Waals surface area contributed by atoms with Crippen molar-refractivity contribution in [1.29, 1.82) is 0 Å². The van der Waals surface area contributed by atoms with Gasteiger partial charge in [0.2, 0.25) is 0 Å². The molecule has 1 unspecified atom stereocenters. The smallest absolute Gasteiger partial charge is 0.0560 e. The molecule has 2 fully saturated rings. The van der Waals surface area contributed by atoms with Gasteiger partial charge >= 0.3 is 0 Å². The number of ether oxygens (including phenoxy) is 1. The van der Waals surface area contributed by atoms with E-state index in [-0.39, 0.29) is 0 Å². The molecule has 2 saturated heterocycles. The fourth-order valence-electron chi connectivity index (χ4n) is 2.86. The average Bonchev–Trinajstić information content (AvgIpc) is 2.13. The molecule has 0 radical (unpaired) electrons. The van der Waals surface area contributed by atoms with Gasteiger partial charge < -0.3 is 15.0 Å². The Balaban J connectivity index is 2.02. The molecule has 2 aliphatic rings. The van der Waals surface area contributed by atoms with Crippen molar-refractivity contribution < 1.29 is 4.74 Å². The molecular weight excluding hydrogens is 176 g/mol. The maximum absolute atomic E-state index is 5.44. The highest BCUT2D eigenvalue weighted by Crippen LogP contribution is 2.38. The average molecular weight is 198 g/mol. The van der Waals surface area contributed by atoms with Crippen LogP contribution >= 0.6 is 0 Å². The third-order valence-corrected chi connectivity index (χ3v) is 3.74. The van der Waals surface area contributed by atoms with E-state index in [1.807, 2.05) is 0 Å². The number of piperazine rings is 1. The summed E-state index contributed by atoms with van der Waals surface area (Å²) in [6, 6.07) is 0.685. The van der Waals surface area contributed by atoms with Crippen LogP contribution in [0.2, 0.25) is 0 Å². The lowest BCUT2D eigenvalue weighted by atomic mass is 9.73. The Hall–Kier alpha value is -0.120. The standard InChI is InChI=1S/C11H22N2O/c1-3-4-11(8-14-9-11)10-7-12-5-6-13(10)2/h10,12H,3-9H2,1-2H3. The highest BCUT2D eigenvalue weighted by molar-refractivity contribution is 4.99. The predicted octanol–water partition coefficient (Wildman–Crippen LogP) is 0.707. The zero-order valence-corrected chi connectivity index (χ0v) is 9.38. The van der Waals surface area contributed by atoms with Crippen molar-refractivity contribution in [3.05, 3.63) is 0 Å². The van der Waals surface area contributed by atoms with Gasteiger partial charge in [-0.3, -0.25) is 0 Å². The van der Waals surface area contributed by atoms with E-state index in [9.17, 15) is 0 Å². The van der Waals surface area contributed by atoms with E-state index in [0.717, 1.165) is 26.3 Å². The van der Waals surface area contributed by atoms with E-state index in [1.54, 1.807) is 0 Å².